The first-order valence-electron chi connectivity index (χ1n) is 3.77. The molecule has 62 valence electrons. The fourth-order valence-corrected chi connectivity index (χ4v) is 1.17. The Bertz CT molecular complexity index is 185. The molecular formula is C10H15Br. The average Bonchev–Trinajstić information content (AvgIpc) is 1.98. The van der Waals surface area contributed by atoms with E-state index in [1.54, 1.807) is 0 Å². The van der Waals surface area contributed by atoms with Crippen LogP contribution in [0.25, 0.3) is 0 Å². The van der Waals surface area contributed by atoms with Crippen molar-refractivity contribution in [2.24, 2.45) is 5.92 Å². The van der Waals surface area contributed by atoms with E-state index in [0.717, 1.165) is 10.1 Å². The van der Waals surface area contributed by atoms with Crippen molar-refractivity contribution in [3.8, 4) is 0 Å². The molecule has 0 spiro atoms. The fourth-order valence-electron chi connectivity index (χ4n) is 0.564. The Morgan fingerprint density at radius 1 is 1.45 bits per heavy atom. The normalized spacial score (nSPS) is 13.0. The van der Waals surface area contributed by atoms with E-state index in [0.29, 0.717) is 5.92 Å². The highest BCUT2D eigenvalue weighted by molar-refractivity contribution is 9.12. The quantitative estimate of drug-likeness (QED) is 0.623. The van der Waals surface area contributed by atoms with E-state index in [1.165, 1.54) is 0 Å². The van der Waals surface area contributed by atoms with Crippen molar-refractivity contribution >= 4 is 15.9 Å². The van der Waals surface area contributed by atoms with Crippen molar-refractivity contribution in [2.45, 2.75) is 20.8 Å². The molecule has 0 aliphatic rings. The number of hydrogen-bond acceptors (Lipinski definition) is 0. The number of rotatable bonds is 3. The van der Waals surface area contributed by atoms with Gasteiger partial charge in [0.25, 0.3) is 0 Å². The van der Waals surface area contributed by atoms with Gasteiger partial charge in [-0.05, 0) is 24.5 Å². The van der Waals surface area contributed by atoms with E-state index < -0.39 is 0 Å². The second-order valence-corrected chi connectivity index (χ2v) is 3.57. The Balaban J connectivity index is 4.24. The van der Waals surface area contributed by atoms with E-state index in [2.05, 4.69) is 36.4 Å². The van der Waals surface area contributed by atoms with Gasteiger partial charge in [-0.15, -0.1) is 0 Å². The highest BCUT2D eigenvalue weighted by Gasteiger charge is 2.01. The van der Waals surface area contributed by atoms with Gasteiger partial charge in [0.05, 0.1) is 0 Å². The minimum Gasteiger partial charge on any atom is -0.0944 e. The molecule has 0 fully saturated rings. The molecule has 0 aromatic heterocycles. The first-order chi connectivity index (χ1) is 5.09. The van der Waals surface area contributed by atoms with Crippen LogP contribution in [0.5, 0.6) is 0 Å². The van der Waals surface area contributed by atoms with Crippen molar-refractivity contribution in [2.75, 3.05) is 0 Å². The summed E-state index contributed by atoms with van der Waals surface area (Å²) < 4.78 is 1.09. The maximum absolute atomic E-state index is 3.96. The molecular weight excluding hydrogens is 200 g/mol. The van der Waals surface area contributed by atoms with Gasteiger partial charge >= 0.3 is 0 Å². The molecule has 0 amide bonds. The van der Waals surface area contributed by atoms with Crippen molar-refractivity contribution in [3.05, 3.63) is 34.9 Å². The number of halogens is 1. The molecule has 0 rings (SSSR count). The lowest BCUT2D eigenvalue weighted by Crippen LogP contribution is -1.90. The Morgan fingerprint density at radius 2 is 2.00 bits per heavy atom. The third-order valence-corrected chi connectivity index (χ3v) is 2.21. The predicted molar refractivity (Wildman–Crippen MR) is 55.8 cm³/mol. The van der Waals surface area contributed by atoms with Gasteiger partial charge in [0, 0.05) is 4.48 Å². The smallest absolute Gasteiger partial charge is 0.0203 e. The van der Waals surface area contributed by atoms with E-state index in [-0.39, 0.29) is 0 Å². The SMILES string of the molecule is C=C(/C(Br)=C\C=C/C)C(C)C. The Kier molecular flexibility index (Phi) is 5.22. The molecule has 0 saturated carbocycles. The molecule has 0 bridgehead atoms. The monoisotopic (exact) mass is 214 g/mol. The largest absolute Gasteiger partial charge is 0.0944 e. The summed E-state index contributed by atoms with van der Waals surface area (Å²) in [5.74, 6) is 0.505. The molecule has 0 radical (unpaired) electrons. The van der Waals surface area contributed by atoms with Crippen LogP contribution in [0.3, 0.4) is 0 Å². The van der Waals surface area contributed by atoms with Crippen LogP contribution in [0.4, 0.5) is 0 Å². The Labute approximate surface area is 77.8 Å². The van der Waals surface area contributed by atoms with Crippen LogP contribution in [0.2, 0.25) is 0 Å². The van der Waals surface area contributed by atoms with Gasteiger partial charge < -0.3 is 0 Å². The van der Waals surface area contributed by atoms with Crippen LogP contribution in [0.1, 0.15) is 20.8 Å². The van der Waals surface area contributed by atoms with Crippen molar-refractivity contribution in [3.63, 3.8) is 0 Å². The molecule has 0 atom stereocenters. The molecule has 0 unspecified atom stereocenters. The minimum atomic E-state index is 0.505. The lowest BCUT2D eigenvalue weighted by atomic mass is 10.1. The van der Waals surface area contributed by atoms with Gasteiger partial charge in [-0.2, -0.15) is 0 Å². The summed E-state index contributed by atoms with van der Waals surface area (Å²) >= 11 is 3.46. The number of hydrogen-bond donors (Lipinski definition) is 0. The van der Waals surface area contributed by atoms with Crippen LogP contribution >= 0.6 is 15.9 Å². The molecule has 0 aromatic carbocycles. The van der Waals surface area contributed by atoms with Gasteiger partial charge in [0.2, 0.25) is 0 Å². The fraction of sp³-hybridized carbons (Fsp3) is 0.400. The second kappa shape index (κ2) is 5.36. The van der Waals surface area contributed by atoms with Gasteiger partial charge in [0.1, 0.15) is 0 Å². The average molecular weight is 215 g/mol. The van der Waals surface area contributed by atoms with E-state index >= 15 is 0 Å². The highest BCUT2D eigenvalue weighted by atomic mass is 79.9. The summed E-state index contributed by atoms with van der Waals surface area (Å²) in [4.78, 5) is 0. The molecule has 0 aliphatic heterocycles. The lowest BCUT2D eigenvalue weighted by molar-refractivity contribution is 0.793. The molecule has 0 nitrogen and oxygen atoms in total. The highest BCUT2D eigenvalue weighted by Crippen LogP contribution is 2.22. The summed E-state index contributed by atoms with van der Waals surface area (Å²) in [5, 5.41) is 0. The van der Waals surface area contributed by atoms with Crippen molar-refractivity contribution in [1.82, 2.24) is 0 Å². The Morgan fingerprint density at radius 3 is 2.36 bits per heavy atom. The maximum Gasteiger partial charge on any atom is 0.0203 e. The molecule has 0 aliphatic carbocycles. The van der Waals surface area contributed by atoms with Crippen molar-refractivity contribution in [1.29, 1.82) is 0 Å². The maximum atomic E-state index is 3.96. The lowest BCUT2D eigenvalue weighted by Gasteiger charge is -2.06. The topological polar surface area (TPSA) is 0 Å². The summed E-state index contributed by atoms with van der Waals surface area (Å²) in [6.07, 6.45) is 6.01. The van der Waals surface area contributed by atoms with E-state index in [9.17, 15) is 0 Å². The van der Waals surface area contributed by atoms with Crippen LogP contribution in [-0.2, 0) is 0 Å². The molecule has 0 heterocycles. The van der Waals surface area contributed by atoms with Gasteiger partial charge in [-0.25, -0.2) is 0 Å². The molecule has 0 aromatic rings. The summed E-state index contributed by atoms with van der Waals surface area (Å²) in [5.41, 5.74) is 1.14. The molecule has 1 heteroatoms. The minimum absolute atomic E-state index is 0.505. The first kappa shape index (κ1) is 10.7. The predicted octanol–water partition coefficient (Wildman–Crippen LogP) is 4.05. The summed E-state index contributed by atoms with van der Waals surface area (Å²) in [6.45, 7) is 10.2. The standard InChI is InChI=1S/C10H15Br/c1-5-6-7-10(11)9(4)8(2)3/h5-8H,4H2,1-3H3/b6-5-,10-7+. The zero-order chi connectivity index (χ0) is 8.85. The zero-order valence-electron chi connectivity index (χ0n) is 7.39. The Hall–Kier alpha value is -0.300. The first-order valence-corrected chi connectivity index (χ1v) is 4.56. The van der Waals surface area contributed by atoms with Gasteiger partial charge in [-0.3, -0.25) is 0 Å². The summed E-state index contributed by atoms with van der Waals surface area (Å²) in [6, 6.07) is 0. The van der Waals surface area contributed by atoms with E-state index in [1.807, 2.05) is 25.2 Å². The van der Waals surface area contributed by atoms with Crippen LogP contribution in [0.15, 0.2) is 34.9 Å². The molecule has 0 N–H and O–H groups in total. The van der Waals surface area contributed by atoms with Crippen LogP contribution in [0, 0.1) is 5.92 Å². The molecule has 0 saturated heterocycles. The van der Waals surface area contributed by atoms with E-state index in [4.69, 9.17) is 0 Å². The molecule has 11 heavy (non-hydrogen) atoms. The van der Waals surface area contributed by atoms with Crippen LogP contribution < -0.4 is 0 Å². The van der Waals surface area contributed by atoms with Gasteiger partial charge in [0.15, 0.2) is 0 Å². The summed E-state index contributed by atoms with van der Waals surface area (Å²) in [7, 11) is 0. The number of allylic oxidation sites excluding steroid dienone is 5. The third-order valence-electron chi connectivity index (χ3n) is 1.44. The van der Waals surface area contributed by atoms with Gasteiger partial charge in [-0.1, -0.05) is 48.5 Å². The van der Waals surface area contributed by atoms with Crippen LogP contribution in [-0.4, -0.2) is 0 Å². The van der Waals surface area contributed by atoms with Crippen molar-refractivity contribution < 1.29 is 0 Å². The zero-order valence-corrected chi connectivity index (χ0v) is 8.98. The third kappa shape index (κ3) is 4.20. The second-order valence-electron chi connectivity index (χ2n) is 2.72.